The van der Waals surface area contributed by atoms with Crippen LogP contribution in [0.5, 0.6) is 0 Å². The second-order valence-corrected chi connectivity index (χ2v) is 3.67. The number of nitrogens with zero attached hydrogens (tertiary/aromatic N) is 1. The molecule has 1 rings (SSSR count). The zero-order valence-corrected chi connectivity index (χ0v) is 8.47. The fraction of sp³-hybridized carbons (Fsp3) is 0.667. The van der Waals surface area contributed by atoms with E-state index in [1.807, 2.05) is 7.05 Å². The quantitative estimate of drug-likeness (QED) is 0.636. The number of likely N-dealkylation sites (N-methyl/N-ethyl adjacent to an activating group) is 1. The summed E-state index contributed by atoms with van der Waals surface area (Å²) in [5.41, 5.74) is 0. The van der Waals surface area contributed by atoms with Crippen molar-refractivity contribution in [2.75, 3.05) is 33.2 Å². The summed E-state index contributed by atoms with van der Waals surface area (Å²) in [5, 5.41) is 0. The van der Waals surface area contributed by atoms with E-state index in [-0.39, 0.29) is 0 Å². The molecule has 0 unspecified atom stereocenters. The van der Waals surface area contributed by atoms with E-state index in [0.29, 0.717) is 19.2 Å². The average Bonchev–Trinajstić information content (AvgIpc) is 2.15. The van der Waals surface area contributed by atoms with Crippen LogP contribution in [-0.4, -0.2) is 50.1 Å². The van der Waals surface area contributed by atoms with Gasteiger partial charge in [-0.15, -0.1) is 0 Å². The van der Waals surface area contributed by atoms with Crippen LogP contribution in [0.1, 0.15) is 0 Å². The molecular formula is C9H14F3N2O+. The van der Waals surface area contributed by atoms with Crippen molar-refractivity contribution in [3.05, 3.63) is 12.3 Å². The molecular weight excluding hydrogens is 209 g/mol. The second kappa shape index (κ2) is 4.65. The smallest absolute Gasteiger partial charge is 0.366 e. The SMILES string of the molecule is C[NH+]1CCN(C=CC(=O)C(F)(F)F)CC1. The molecule has 0 radical (unpaired) electrons. The number of allylic oxidation sites excluding steroid dienone is 1. The van der Waals surface area contributed by atoms with E-state index in [1.165, 1.54) is 11.1 Å². The molecule has 0 aliphatic carbocycles. The summed E-state index contributed by atoms with van der Waals surface area (Å²) in [6.45, 7) is 3.13. The van der Waals surface area contributed by atoms with Gasteiger partial charge in [0.2, 0.25) is 0 Å². The van der Waals surface area contributed by atoms with Crippen LogP contribution in [0.25, 0.3) is 0 Å². The summed E-state index contributed by atoms with van der Waals surface area (Å²) in [5.74, 6) is -1.80. The Labute approximate surface area is 86.1 Å². The molecule has 1 aliphatic rings. The van der Waals surface area contributed by atoms with Crippen molar-refractivity contribution in [3.8, 4) is 0 Å². The number of ketones is 1. The topological polar surface area (TPSA) is 24.8 Å². The molecule has 0 aromatic rings. The molecule has 1 aliphatic heterocycles. The highest BCUT2D eigenvalue weighted by molar-refractivity contribution is 5.94. The summed E-state index contributed by atoms with van der Waals surface area (Å²) in [4.78, 5) is 13.6. The van der Waals surface area contributed by atoms with Crippen LogP contribution in [0.3, 0.4) is 0 Å². The van der Waals surface area contributed by atoms with Gasteiger partial charge in [-0.2, -0.15) is 13.2 Å². The van der Waals surface area contributed by atoms with Gasteiger partial charge in [0.05, 0.1) is 33.2 Å². The van der Waals surface area contributed by atoms with Gasteiger partial charge in [0.1, 0.15) is 0 Å². The third-order valence-corrected chi connectivity index (χ3v) is 2.37. The maximum atomic E-state index is 11.8. The van der Waals surface area contributed by atoms with Gasteiger partial charge in [0.15, 0.2) is 0 Å². The van der Waals surface area contributed by atoms with E-state index in [4.69, 9.17) is 0 Å². The van der Waals surface area contributed by atoms with Gasteiger partial charge in [-0.1, -0.05) is 0 Å². The minimum Gasteiger partial charge on any atom is -0.366 e. The molecule has 1 heterocycles. The maximum Gasteiger partial charge on any atom is 0.454 e. The number of carbonyl (C=O) groups is 1. The number of alkyl halides is 3. The van der Waals surface area contributed by atoms with Crippen molar-refractivity contribution in [2.24, 2.45) is 0 Å². The fourth-order valence-electron chi connectivity index (χ4n) is 1.32. The lowest BCUT2D eigenvalue weighted by molar-refractivity contribution is -0.883. The van der Waals surface area contributed by atoms with E-state index in [0.717, 1.165) is 13.1 Å². The van der Waals surface area contributed by atoms with E-state index in [2.05, 4.69) is 0 Å². The molecule has 3 nitrogen and oxygen atoms in total. The first-order chi connectivity index (χ1) is 6.89. The third-order valence-electron chi connectivity index (χ3n) is 2.37. The molecule has 0 spiro atoms. The Morgan fingerprint density at radius 1 is 1.33 bits per heavy atom. The molecule has 1 N–H and O–H groups in total. The molecule has 0 amide bonds. The van der Waals surface area contributed by atoms with Crippen LogP contribution < -0.4 is 4.90 Å². The summed E-state index contributed by atoms with van der Waals surface area (Å²) in [7, 11) is 2.03. The Morgan fingerprint density at radius 2 is 1.87 bits per heavy atom. The minimum atomic E-state index is -4.76. The standard InChI is InChI=1S/C9H13F3N2O/c1-13-4-6-14(7-5-13)3-2-8(15)9(10,11)12/h2-3H,4-7H2,1H3/p+1. The average molecular weight is 223 g/mol. The molecule has 0 aromatic heterocycles. The summed E-state index contributed by atoms with van der Waals surface area (Å²) >= 11 is 0. The Morgan fingerprint density at radius 3 is 2.33 bits per heavy atom. The molecule has 0 saturated carbocycles. The monoisotopic (exact) mass is 223 g/mol. The highest BCUT2D eigenvalue weighted by Gasteiger charge is 2.36. The molecule has 0 aromatic carbocycles. The van der Waals surface area contributed by atoms with Crippen molar-refractivity contribution in [2.45, 2.75) is 6.18 Å². The second-order valence-electron chi connectivity index (χ2n) is 3.67. The normalized spacial score (nSPS) is 19.9. The summed E-state index contributed by atoms with van der Waals surface area (Å²) in [6, 6.07) is 0. The Hall–Kier alpha value is -1.04. The Balaban J connectivity index is 2.42. The predicted molar refractivity (Wildman–Crippen MR) is 48.4 cm³/mol. The number of quaternary nitrogens is 1. The van der Waals surface area contributed by atoms with Gasteiger partial charge in [-0.3, -0.25) is 4.79 Å². The summed E-state index contributed by atoms with van der Waals surface area (Å²) < 4.78 is 35.5. The first kappa shape index (κ1) is 12.0. The molecule has 1 saturated heterocycles. The lowest BCUT2D eigenvalue weighted by Crippen LogP contribution is -3.11. The number of piperazine rings is 1. The van der Waals surface area contributed by atoms with Crippen LogP contribution in [0, 0.1) is 0 Å². The Bertz CT molecular complexity index is 255. The minimum absolute atomic E-state index is 0.598. The van der Waals surface area contributed by atoms with Crippen LogP contribution in [0.15, 0.2) is 12.3 Å². The highest BCUT2D eigenvalue weighted by atomic mass is 19.4. The van der Waals surface area contributed by atoms with E-state index in [9.17, 15) is 18.0 Å². The number of halogens is 3. The molecule has 86 valence electrons. The number of hydrogen-bond donors (Lipinski definition) is 1. The summed E-state index contributed by atoms with van der Waals surface area (Å²) in [6.07, 6.45) is -2.92. The van der Waals surface area contributed by atoms with Crippen molar-refractivity contribution < 1.29 is 22.9 Å². The first-order valence-electron chi connectivity index (χ1n) is 4.74. The van der Waals surface area contributed by atoms with E-state index in [1.54, 1.807) is 4.90 Å². The van der Waals surface area contributed by atoms with Gasteiger partial charge in [-0.25, -0.2) is 0 Å². The molecule has 1 fully saturated rings. The number of rotatable bonds is 2. The lowest BCUT2D eigenvalue weighted by atomic mass is 10.3. The predicted octanol–water partition coefficient (Wildman–Crippen LogP) is -0.538. The van der Waals surface area contributed by atoms with Crippen LogP contribution in [-0.2, 0) is 4.79 Å². The number of carbonyl (C=O) groups excluding carboxylic acids is 1. The van der Waals surface area contributed by atoms with Gasteiger partial charge in [-0.05, 0) is 0 Å². The fourth-order valence-corrected chi connectivity index (χ4v) is 1.32. The molecule has 0 bridgehead atoms. The van der Waals surface area contributed by atoms with Crippen molar-refractivity contribution in [3.63, 3.8) is 0 Å². The zero-order valence-electron chi connectivity index (χ0n) is 8.47. The zero-order chi connectivity index (χ0) is 11.5. The van der Waals surface area contributed by atoms with E-state index >= 15 is 0 Å². The first-order valence-corrected chi connectivity index (χ1v) is 4.74. The number of nitrogens with one attached hydrogen (secondary N) is 1. The Kier molecular flexibility index (Phi) is 3.73. The van der Waals surface area contributed by atoms with Gasteiger partial charge < -0.3 is 9.80 Å². The van der Waals surface area contributed by atoms with Gasteiger partial charge in [0, 0.05) is 12.3 Å². The third kappa shape index (κ3) is 3.91. The van der Waals surface area contributed by atoms with Crippen LogP contribution in [0.4, 0.5) is 13.2 Å². The van der Waals surface area contributed by atoms with Crippen molar-refractivity contribution in [1.29, 1.82) is 0 Å². The van der Waals surface area contributed by atoms with Crippen LogP contribution >= 0.6 is 0 Å². The van der Waals surface area contributed by atoms with Crippen molar-refractivity contribution in [1.82, 2.24) is 4.90 Å². The lowest BCUT2D eigenvalue weighted by Gasteiger charge is -2.28. The van der Waals surface area contributed by atoms with Gasteiger partial charge in [0.25, 0.3) is 5.78 Å². The van der Waals surface area contributed by atoms with E-state index < -0.39 is 12.0 Å². The maximum absolute atomic E-state index is 11.8. The molecule has 6 heteroatoms. The van der Waals surface area contributed by atoms with Crippen molar-refractivity contribution >= 4 is 5.78 Å². The number of hydrogen-bond acceptors (Lipinski definition) is 2. The molecule has 0 atom stereocenters. The largest absolute Gasteiger partial charge is 0.454 e. The highest BCUT2D eigenvalue weighted by Crippen LogP contribution is 2.16. The van der Waals surface area contributed by atoms with Crippen LogP contribution in [0.2, 0.25) is 0 Å². The molecule has 15 heavy (non-hydrogen) atoms. The van der Waals surface area contributed by atoms with Gasteiger partial charge >= 0.3 is 6.18 Å².